The number of nitrogens with one attached hydrogen (secondary N) is 1. The number of halogens is 1. The van der Waals surface area contributed by atoms with Gasteiger partial charge in [-0.2, -0.15) is 0 Å². The predicted molar refractivity (Wildman–Crippen MR) is 126 cm³/mol. The minimum absolute atomic E-state index is 0.0204. The van der Waals surface area contributed by atoms with Crippen molar-refractivity contribution in [2.45, 2.75) is 32.9 Å². The van der Waals surface area contributed by atoms with E-state index in [0.29, 0.717) is 10.7 Å². The number of carboxylic acids is 1. The summed E-state index contributed by atoms with van der Waals surface area (Å²) in [5, 5.41) is 10.4. The Balaban J connectivity index is 1.83. The maximum atomic E-state index is 13.2. The van der Waals surface area contributed by atoms with E-state index in [0.717, 1.165) is 25.4 Å². The molecule has 170 valence electrons. The molecule has 0 atom stereocenters. The maximum absolute atomic E-state index is 13.2. The van der Waals surface area contributed by atoms with Crippen molar-refractivity contribution in [3.05, 3.63) is 84.6 Å². The van der Waals surface area contributed by atoms with Crippen LogP contribution in [-0.2, 0) is 17.9 Å². The molecule has 0 fully saturated rings. The SMILES string of the molecule is Cc1nc2ccc(/N=c3\[nH]c(=O)n(CCCC(=O)O)c(=O)n3Cc3ccc(Cl)cc3)cc2s1. The number of H-pyrrole nitrogens is 1. The normalized spacial score (nSPS) is 11.9. The minimum atomic E-state index is -0.992. The molecule has 0 radical (unpaired) electrons. The van der Waals surface area contributed by atoms with Gasteiger partial charge in [-0.25, -0.2) is 24.1 Å². The molecular formula is C22H20ClN5O4S. The van der Waals surface area contributed by atoms with Crippen LogP contribution >= 0.6 is 22.9 Å². The van der Waals surface area contributed by atoms with Crippen LogP contribution in [0.3, 0.4) is 0 Å². The van der Waals surface area contributed by atoms with Crippen molar-refractivity contribution >= 4 is 44.8 Å². The highest BCUT2D eigenvalue weighted by atomic mass is 35.5. The first-order valence-electron chi connectivity index (χ1n) is 10.1. The van der Waals surface area contributed by atoms with E-state index >= 15 is 0 Å². The first-order valence-corrected chi connectivity index (χ1v) is 11.3. The lowest BCUT2D eigenvalue weighted by molar-refractivity contribution is -0.137. The number of hydrogen-bond acceptors (Lipinski definition) is 6. The maximum Gasteiger partial charge on any atom is 0.335 e. The van der Waals surface area contributed by atoms with Crippen molar-refractivity contribution in [1.82, 2.24) is 19.1 Å². The molecule has 2 aromatic carbocycles. The zero-order valence-electron chi connectivity index (χ0n) is 17.6. The fourth-order valence-corrected chi connectivity index (χ4v) is 4.35. The predicted octanol–water partition coefficient (Wildman–Crippen LogP) is 3.06. The van der Waals surface area contributed by atoms with Crippen molar-refractivity contribution in [3.8, 4) is 0 Å². The average molecular weight is 486 g/mol. The Morgan fingerprint density at radius 2 is 1.94 bits per heavy atom. The molecule has 4 aromatic rings. The van der Waals surface area contributed by atoms with Gasteiger partial charge in [-0.3, -0.25) is 14.3 Å². The largest absolute Gasteiger partial charge is 0.481 e. The lowest BCUT2D eigenvalue weighted by atomic mass is 10.2. The topological polar surface area (TPSA) is 122 Å². The van der Waals surface area contributed by atoms with Crippen LogP contribution in [0.2, 0.25) is 5.02 Å². The zero-order valence-corrected chi connectivity index (χ0v) is 19.2. The quantitative estimate of drug-likeness (QED) is 0.416. The number of thiazole rings is 1. The number of aromatic amines is 1. The van der Waals surface area contributed by atoms with Gasteiger partial charge in [-0.15, -0.1) is 11.3 Å². The number of carboxylic acid groups (broad SMARTS) is 1. The summed E-state index contributed by atoms with van der Waals surface area (Å²) in [6.07, 6.45) is 0.000617. The summed E-state index contributed by atoms with van der Waals surface area (Å²) in [6, 6.07) is 12.5. The second-order valence-electron chi connectivity index (χ2n) is 7.39. The fourth-order valence-electron chi connectivity index (χ4n) is 3.36. The van der Waals surface area contributed by atoms with Crippen molar-refractivity contribution in [1.29, 1.82) is 0 Å². The Morgan fingerprint density at radius 1 is 1.18 bits per heavy atom. The molecule has 0 amide bonds. The number of hydrogen-bond donors (Lipinski definition) is 2. The molecule has 0 unspecified atom stereocenters. The monoisotopic (exact) mass is 485 g/mol. The molecule has 2 N–H and O–H groups in total. The molecule has 11 heteroatoms. The smallest absolute Gasteiger partial charge is 0.335 e. The summed E-state index contributed by atoms with van der Waals surface area (Å²) >= 11 is 7.50. The number of rotatable bonds is 7. The van der Waals surface area contributed by atoms with Gasteiger partial charge in [0, 0.05) is 18.0 Å². The summed E-state index contributed by atoms with van der Waals surface area (Å²) in [4.78, 5) is 48.4. The van der Waals surface area contributed by atoms with Gasteiger partial charge < -0.3 is 5.11 Å². The third kappa shape index (κ3) is 5.29. The van der Waals surface area contributed by atoms with Gasteiger partial charge in [-0.05, 0) is 49.2 Å². The lowest BCUT2D eigenvalue weighted by Gasteiger charge is -2.11. The first-order chi connectivity index (χ1) is 15.8. The highest BCUT2D eigenvalue weighted by Crippen LogP contribution is 2.25. The van der Waals surface area contributed by atoms with Crippen molar-refractivity contribution in [2.75, 3.05) is 0 Å². The highest BCUT2D eigenvalue weighted by molar-refractivity contribution is 7.18. The Morgan fingerprint density at radius 3 is 2.67 bits per heavy atom. The third-order valence-corrected chi connectivity index (χ3v) is 6.11. The minimum Gasteiger partial charge on any atom is -0.481 e. The third-order valence-electron chi connectivity index (χ3n) is 4.92. The number of fused-ring (bicyclic) bond motifs is 1. The number of nitrogens with zero attached hydrogens (tertiary/aromatic N) is 4. The molecule has 0 saturated heterocycles. The Labute approximate surface area is 196 Å². The Bertz CT molecular complexity index is 1520. The van der Waals surface area contributed by atoms with Crippen LogP contribution in [0.5, 0.6) is 0 Å². The van der Waals surface area contributed by atoms with Crippen LogP contribution < -0.4 is 17.0 Å². The van der Waals surface area contributed by atoms with Crippen LogP contribution in [0.15, 0.2) is 57.0 Å². The zero-order chi connectivity index (χ0) is 23.5. The average Bonchev–Trinajstić information content (AvgIpc) is 3.13. The van der Waals surface area contributed by atoms with Gasteiger partial charge in [0.15, 0.2) is 0 Å². The molecule has 0 saturated carbocycles. The van der Waals surface area contributed by atoms with E-state index in [1.54, 1.807) is 30.3 Å². The number of aliphatic carboxylic acids is 1. The molecule has 2 aromatic heterocycles. The molecule has 4 rings (SSSR count). The van der Waals surface area contributed by atoms with E-state index in [1.807, 2.05) is 19.1 Å². The van der Waals surface area contributed by atoms with Gasteiger partial charge in [-0.1, -0.05) is 23.7 Å². The summed E-state index contributed by atoms with van der Waals surface area (Å²) in [5.41, 5.74) is 1.08. The molecule has 9 nitrogen and oxygen atoms in total. The van der Waals surface area contributed by atoms with E-state index in [2.05, 4.69) is 15.0 Å². The summed E-state index contributed by atoms with van der Waals surface area (Å²) in [7, 11) is 0. The van der Waals surface area contributed by atoms with Crippen molar-refractivity contribution in [2.24, 2.45) is 4.99 Å². The van der Waals surface area contributed by atoms with Crippen LogP contribution in [0, 0.1) is 6.92 Å². The number of benzene rings is 2. The van der Waals surface area contributed by atoms with E-state index in [9.17, 15) is 14.4 Å². The lowest BCUT2D eigenvalue weighted by Crippen LogP contribution is -2.50. The van der Waals surface area contributed by atoms with Crippen molar-refractivity contribution < 1.29 is 9.90 Å². The fraction of sp³-hybridized carbons (Fsp3) is 0.227. The molecule has 0 bridgehead atoms. The standard InChI is InChI=1S/C22H20ClN5O4S/c1-13-24-17-9-8-16(11-18(17)33-13)25-20-26-21(31)27(10-2-3-19(29)30)22(32)28(20)12-14-4-6-15(23)7-5-14/h4-9,11H,2-3,10,12H2,1H3,(H,29,30)(H,25,26,31). The van der Waals surface area contributed by atoms with Gasteiger partial charge in [0.1, 0.15) is 0 Å². The summed E-state index contributed by atoms with van der Waals surface area (Å²) in [6.45, 7) is 2.04. The van der Waals surface area contributed by atoms with E-state index in [-0.39, 0.29) is 31.5 Å². The van der Waals surface area contributed by atoms with E-state index in [1.165, 1.54) is 15.9 Å². The molecule has 33 heavy (non-hydrogen) atoms. The van der Waals surface area contributed by atoms with Gasteiger partial charge >= 0.3 is 17.3 Å². The summed E-state index contributed by atoms with van der Waals surface area (Å²) < 4.78 is 3.29. The van der Waals surface area contributed by atoms with Gasteiger partial charge in [0.05, 0.1) is 27.5 Å². The second kappa shape index (κ2) is 9.55. The Kier molecular flexibility index (Phi) is 6.57. The van der Waals surface area contributed by atoms with Crippen molar-refractivity contribution in [3.63, 3.8) is 0 Å². The van der Waals surface area contributed by atoms with E-state index < -0.39 is 17.3 Å². The van der Waals surface area contributed by atoms with Gasteiger partial charge in [0.2, 0.25) is 5.62 Å². The number of aryl methyl sites for hydroxylation is 1. The second-order valence-corrected chi connectivity index (χ2v) is 9.07. The molecule has 0 aliphatic rings. The van der Waals surface area contributed by atoms with Crippen LogP contribution in [-0.4, -0.2) is 30.2 Å². The molecule has 0 spiro atoms. The van der Waals surface area contributed by atoms with Crippen LogP contribution in [0.1, 0.15) is 23.4 Å². The molecular weight excluding hydrogens is 466 g/mol. The summed E-state index contributed by atoms with van der Waals surface area (Å²) in [5.74, 6) is -0.992. The number of carbonyl (C=O) groups is 1. The molecule has 2 heterocycles. The van der Waals surface area contributed by atoms with Crippen LogP contribution in [0.4, 0.5) is 5.69 Å². The number of aromatic nitrogens is 4. The van der Waals surface area contributed by atoms with Gasteiger partial charge in [0.25, 0.3) is 0 Å². The molecule has 0 aliphatic carbocycles. The first kappa shape index (κ1) is 22.7. The molecule has 0 aliphatic heterocycles. The Hall–Kier alpha value is -3.50. The van der Waals surface area contributed by atoms with E-state index in [4.69, 9.17) is 16.7 Å². The highest BCUT2D eigenvalue weighted by Gasteiger charge is 2.11. The van der Waals surface area contributed by atoms with Crippen LogP contribution in [0.25, 0.3) is 10.2 Å².